The van der Waals surface area contributed by atoms with Crippen LogP contribution in [-0.4, -0.2) is 13.0 Å². The summed E-state index contributed by atoms with van der Waals surface area (Å²) >= 11 is 6.05. The molecule has 1 amide bonds. The van der Waals surface area contributed by atoms with Gasteiger partial charge in [-0.05, 0) is 42.3 Å². The number of amides is 1. The van der Waals surface area contributed by atoms with E-state index < -0.39 is 5.91 Å². The fourth-order valence-corrected chi connectivity index (χ4v) is 2.26. The zero-order valence-electron chi connectivity index (χ0n) is 12.8. The Hall–Kier alpha value is -2.77. The van der Waals surface area contributed by atoms with Gasteiger partial charge >= 0.3 is 0 Å². The molecule has 0 aliphatic carbocycles. The summed E-state index contributed by atoms with van der Waals surface area (Å²) in [4.78, 5) is 12.2. The Kier molecular flexibility index (Phi) is 5.40. The molecule has 0 fully saturated rings. The largest absolute Gasteiger partial charge is 0.495 e. The van der Waals surface area contributed by atoms with Gasteiger partial charge in [-0.1, -0.05) is 35.9 Å². The molecule has 2 rings (SSSR count). The van der Waals surface area contributed by atoms with E-state index in [1.54, 1.807) is 24.3 Å². The van der Waals surface area contributed by atoms with Crippen LogP contribution in [0.2, 0.25) is 5.02 Å². The fraction of sp³-hybridized carbons (Fsp3) is 0.111. The SMILES string of the molecule is COc1ccc(/C=C(\C#N)C(=O)Nc2ccccc2C)cc1Cl. The number of hydrogen-bond donors (Lipinski definition) is 1. The quantitative estimate of drug-likeness (QED) is 0.676. The molecule has 0 saturated carbocycles. The average molecular weight is 327 g/mol. The van der Waals surface area contributed by atoms with Crippen molar-refractivity contribution < 1.29 is 9.53 Å². The average Bonchev–Trinajstić information content (AvgIpc) is 2.54. The first-order valence-electron chi connectivity index (χ1n) is 6.87. The van der Waals surface area contributed by atoms with E-state index in [9.17, 15) is 10.1 Å². The molecule has 23 heavy (non-hydrogen) atoms. The van der Waals surface area contributed by atoms with Crippen LogP contribution < -0.4 is 10.1 Å². The molecule has 2 aromatic rings. The van der Waals surface area contributed by atoms with Gasteiger partial charge in [0.25, 0.3) is 5.91 Å². The maximum Gasteiger partial charge on any atom is 0.266 e. The molecule has 0 aliphatic heterocycles. The van der Waals surface area contributed by atoms with E-state index in [2.05, 4.69) is 5.32 Å². The van der Waals surface area contributed by atoms with Gasteiger partial charge in [0.15, 0.2) is 0 Å². The topological polar surface area (TPSA) is 62.1 Å². The number of carbonyl (C=O) groups is 1. The molecule has 4 nitrogen and oxygen atoms in total. The van der Waals surface area contributed by atoms with Gasteiger partial charge in [-0.2, -0.15) is 5.26 Å². The van der Waals surface area contributed by atoms with Gasteiger partial charge in [0.1, 0.15) is 17.4 Å². The highest BCUT2D eigenvalue weighted by Crippen LogP contribution is 2.26. The lowest BCUT2D eigenvalue weighted by Gasteiger charge is -2.07. The second kappa shape index (κ2) is 7.48. The fourth-order valence-electron chi connectivity index (χ4n) is 1.99. The first-order chi connectivity index (χ1) is 11.0. The zero-order valence-corrected chi connectivity index (χ0v) is 13.5. The van der Waals surface area contributed by atoms with Crippen LogP contribution >= 0.6 is 11.6 Å². The van der Waals surface area contributed by atoms with Gasteiger partial charge in [0, 0.05) is 5.69 Å². The van der Waals surface area contributed by atoms with Crippen LogP contribution in [0.1, 0.15) is 11.1 Å². The molecule has 0 spiro atoms. The van der Waals surface area contributed by atoms with Crippen LogP contribution in [0, 0.1) is 18.3 Å². The number of para-hydroxylation sites is 1. The minimum absolute atomic E-state index is 0.00511. The van der Waals surface area contributed by atoms with Crippen LogP contribution in [0.3, 0.4) is 0 Å². The van der Waals surface area contributed by atoms with E-state index in [4.69, 9.17) is 16.3 Å². The first kappa shape index (κ1) is 16.6. The number of anilines is 1. The van der Waals surface area contributed by atoms with Gasteiger partial charge in [0.2, 0.25) is 0 Å². The lowest BCUT2D eigenvalue weighted by atomic mass is 10.1. The van der Waals surface area contributed by atoms with E-state index in [1.807, 2.05) is 31.2 Å². The standard InChI is InChI=1S/C18H15ClN2O2/c1-12-5-3-4-6-16(12)21-18(22)14(11-20)9-13-7-8-17(23-2)15(19)10-13/h3-10H,1-2H3,(H,21,22)/b14-9+. The Morgan fingerprint density at radius 2 is 2.04 bits per heavy atom. The Labute approximate surface area is 140 Å². The molecule has 0 bridgehead atoms. The van der Waals surface area contributed by atoms with E-state index in [1.165, 1.54) is 13.2 Å². The Bertz CT molecular complexity index is 807. The first-order valence-corrected chi connectivity index (χ1v) is 7.25. The van der Waals surface area contributed by atoms with Crippen LogP contribution in [0.4, 0.5) is 5.69 Å². The molecular formula is C18H15ClN2O2. The van der Waals surface area contributed by atoms with Crippen LogP contribution in [0.25, 0.3) is 6.08 Å². The number of hydrogen-bond acceptors (Lipinski definition) is 3. The number of aryl methyl sites for hydroxylation is 1. The van der Waals surface area contributed by atoms with Crippen molar-refractivity contribution in [2.75, 3.05) is 12.4 Å². The van der Waals surface area contributed by atoms with Crippen molar-refractivity contribution in [2.24, 2.45) is 0 Å². The van der Waals surface area contributed by atoms with Crippen molar-refractivity contribution in [2.45, 2.75) is 6.92 Å². The van der Waals surface area contributed by atoms with Gasteiger partial charge < -0.3 is 10.1 Å². The summed E-state index contributed by atoms with van der Waals surface area (Å²) in [5.41, 5.74) is 2.24. The molecule has 0 aliphatic rings. The smallest absolute Gasteiger partial charge is 0.266 e. The summed E-state index contributed by atoms with van der Waals surface area (Å²) in [6, 6.07) is 14.3. The predicted molar refractivity (Wildman–Crippen MR) is 91.4 cm³/mol. The van der Waals surface area contributed by atoms with Crippen LogP contribution in [0.5, 0.6) is 5.75 Å². The minimum atomic E-state index is -0.464. The number of methoxy groups -OCH3 is 1. The molecule has 0 radical (unpaired) electrons. The number of halogens is 1. The second-order valence-corrected chi connectivity index (χ2v) is 5.24. The summed E-state index contributed by atoms with van der Waals surface area (Å²) in [6.07, 6.45) is 1.49. The van der Waals surface area contributed by atoms with Gasteiger partial charge in [-0.25, -0.2) is 0 Å². The van der Waals surface area contributed by atoms with Gasteiger partial charge in [-0.15, -0.1) is 0 Å². The van der Waals surface area contributed by atoms with Gasteiger partial charge in [0.05, 0.1) is 12.1 Å². The lowest BCUT2D eigenvalue weighted by molar-refractivity contribution is -0.112. The maximum absolute atomic E-state index is 12.2. The van der Waals surface area contributed by atoms with E-state index in [0.717, 1.165) is 5.56 Å². The van der Waals surface area contributed by atoms with Crippen molar-refractivity contribution in [1.29, 1.82) is 5.26 Å². The molecule has 0 atom stereocenters. The van der Waals surface area contributed by atoms with E-state index >= 15 is 0 Å². The summed E-state index contributed by atoms with van der Waals surface area (Å²) in [5.74, 6) is 0.0698. The predicted octanol–water partition coefficient (Wildman–Crippen LogP) is 4.20. The molecule has 116 valence electrons. The van der Waals surface area contributed by atoms with Crippen molar-refractivity contribution in [3.05, 3.63) is 64.2 Å². The summed E-state index contributed by atoms with van der Waals surface area (Å²) < 4.78 is 5.07. The number of nitrogens with zero attached hydrogens (tertiary/aromatic N) is 1. The highest BCUT2D eigenvalue weighted by Gasteiger charge is 2.11. The molecular weight excluding hydrogens is 312 g/mol. The maximum atomic E-state index is 12.2. The number of rotatable bonds is 4. The molecule has 1 N–H and O–H groups in total. The highest BCUT2D eigenvalue weighted by molar-refractivity contribution is 6.32. The Morgan fingerprint density at radius 1 is 1.30 bits per heavy atom. The van der Waals surface area contributed by atoms with Crippen molar-refractivity contribution >= 4 is 29.3 Å². The zero-order chi connectivity index (χ0) is 16.8. The van der Waals surface area contributed by atoms with Crippen molar-refractivity contribution in [3.8, 4) is 11.8 Å². The normalized spacial score (nSPS) is 10.8. The van der Waals surface area contributed by atoms with E-state index in [-0.39, 0.29) is 5.57 Å². The third-order valence-electron chi connectivity index (χ3n) is 3.25. The van der Waals surface area contributed by atoms with Crippen LogP contribution in [-0.2, 0) is 4.79 Å². The molecule has 0 aromatic heterocycles. The molecule has 5 heteroatoms. The number of nitriles is 1. The number of ether oxygens (including phenoxy) is 1. The molecule has 0 heterocycles. The highest BCUT2D eigenvalue weighted by atomic mass is 35.5. The summed E-state index contributed by atoms with van der Waals surface area (Å²) in [7, 11) is 1.52. The number of carbonyl (C=O) groups excluding carboxylic acids is 1. The van der Waals surface area contributed by atoms with Crippen molar-refractivity contribution in [1.82, 2.24) is 0 Å². The second-order valence-electron chi connectivity index (χ2n) is 4.83. The molecule has 0 unspecified atom stereocenters. The van der Waals surface area contributed by atoms with Gasteiger partial charge in [-0.3, -0.25) is 4.79 Å². The monoisotopic (exact) mass is 326 g/mol. The summed E-state index contributed by atoms with van der Waals surface area (Å²) in [5, 5.41) is 12.4. The van der Waals surface area contributed by atoms with E-state index in [0.29, 0.717) is 22.0 Å². The van der Waals surface area contributed by atoms with Crippen LogP contribution in [0.15, 0.2) is 48.0 Å². The number of nitrogens with one attached hydrogen (secondary N) is 1. The minimum Gasteiger partial charge on any atom is -0.495 e. The molecule has 0 saturated heterocycles. The van der Waals surface area contributed by atoms with Crippen molar-refractivity contribution in [3.63, 3.8) is 0 Å². The summed E-state index contributed by atoms with van der Waals surface area (Å²) in [6.45, 7) is 1.88. The molecule has 2 aromatic carbocycles. The Morgan fingerprint density at radius 3 is 2.65 bits per heavy atom. The number of benzene rings is 2. The Balaban J connectivity index is 2.25. The lowest BCUT2D eigenvalue weighted by Crippen LogP contribution is -2.14. The third-order valence-corrected chi connectivity index (χ3v) is 3.54. The third kappa shape index (κ3) is 4.12.